The number of aromatic nitrogens is 2. The van der Waals surface area contributed by atoms with Gasteiger partial charge in [-0.15, -0.1) is 0 Å². The summed E-state index contributed by atoms with van der Waals surface area (Å²) in [6.45, 7) is 2.01. The van der Waals surface area contributed by atoms with Crippen LogP contribution >= 0.6 is 23.4 Å². The van der Waals surface area contributed by atoms with Crippen molar-refractivity contribution in [1.29, 1.82) is 0 Å². The highest BCUT2D eigenvalue weighted by Gasteiger charge is 2.34. The minimum absolute atomic E-state index is 0.129. The van der Waals surface area contributed by atoms with Gasteiger partial charge in [-0.25, -0.2) is 4.98 Å². The molecule has 1 atom stereocenters. The molecule has 2 heterocycles. The monoisotopic (exact) mass is 392 g/mol. The number of anilines is 2. The molecule has 26 heavy (non-hydrogen) atoms. The summed E-state index contributed by atoms with van der Waals surface area (Å²) in [6, 6.07) is 6.77. The molecule has 2 aromatic rings. The zero-order valence-corrected chi connectivity index (χ0v) is 15.5. The van der Waals surface area contributed by atoms with E-state index < -0.39 is 17.4 Å². The first-order valence-electron chi connectivity index (χ1n) is 8.11. The van der Waals surface area contributed by atoms with E-state index in [2.05, 4.69) is 20.6 Å². The molecule has 1 aliphatic rings. The molecule has 3 N–H and O–H groups in total. The molecule has 0 bridgehead atoms. The van der Waals surface area contributed by atoms with Crippen molar-refractivity contribution in [2.24, 2.45) is 0 Å². The lowest BCUT2D eigenvalue weighted by atomic mass is 9.92. The summed E-state index contributed by atoms with van der Waals surface area (Å²) in [4.78, 5) is 44.2. The molecule has 0 saturated heterocycles. The highest BCUT2D eigenvalue weighted by molar-refractivity contribution is 7.99. The van der Waals surface area contributed by atoms with Crippen molar-refractivity contribution in [3.8, 4) is 0 Å². The number of H-pyrrole nitrogens is 1. The molecule has 2 amide bonds. The van der Waals surface area contributed by atoms with Crippen molar-refractivity contribution in [3.05, 3.63) is 45.2 Å². The largest absolute Gasteiger partial charge is 0.324 e. The van der Waals surface area contributed by atoms with Crippen molar-refractivity contribution in [3.63, 3.8) is 0 Å². The van der Waals surface area contributed by atoms with E-state index in [0.29, 0.717) is 15.9 Å². The van der Waals surface area contributed by atoms with E-state index in [4.69, 9.17) is 11.6 Å². The van der Waals surface area contributed by atoms with E-state index in [1.54, 1.807) is 24.3 Å². The summed E-state index contributed by atoms with van der Waals surface area (Å²) in [5.74, 6) is -0.845. The molecule has 0 spiro atoms. The molecule has 1 aromatic carbocycles. The number of carbonyl (C=O) groups is 2. The van der Waals surface area contributed by atoms with E-state index in [1.165, 1.54) is 11.8 Å². The number of thioether (sulfide) groups is 1. The number of hydrogen-bond acceptors (Lipinski definition) is 5. The van der Waals surface area contributed by atoms with Gasteiger partial charge in [0.2, 0.25) is 11.8 Å². The van der Waals surface area contributed by atoms with Crippen LogP contribution in [0.1, 0.15) is 31.2 Å². The van der Waals surface area contributed by atoms with E-state index in [1.807, 2.05) is 6.92 Å². The van der Waals surface area contributed by atoms with Gasteiger partial charge in [0.05, 0.1) is 22.2 Å². The maximum Gasteiger partial charge on any atom is 0.257 e. The molecule has 1 aliphatic heterocycles. The Balaban J connectivity index is 1.93. The van der Waals surface area contributed by atoms with Gasteiger partial charge in [0.1, 0.15) is 5.82 Å². The minimum atomic E-state index is -0.934. The van der Waals surface area contributed by atoms with Gasteiger partial charge in [-0.05, 0) is 18.6 Å². The summed E-state index contributed by atoms with van der Waals surface area (Å²) in [5.41, 5.74) is 0.161. The van der Waals surface area contributed by atoms with Gasteiger partial charge in [-0.3, -0.25) is 14.4 Å². The second-order valence-electron chi connectivity index (χ2n) is 5.76. The average molecular weight is 393 g/mol. The number of fused-ring (bicyclic) bond motifs is 1. The quantitative estimate of drug-likeness (QED) is 0.536. The summed E-state index contributed by atoms with van der Waals surface area (Å²) < 4.78 is 0. The molecule has 3 rings (SSSR count). The summed E-state index contributed by atoms with van der Waals surface area (Å²) in [5, 5.41) is 6.06. The Morgan fingerprint density at radius 2 is 2.15 bits per heavy atom. The predicted molar refractivity (Wildman–Crippen MR) is 102 cm³/mol. The van der Waals surface area contributed by atoms with Crippen LogP contribution in [-0.4, -0.2) is 27.5 Å². The lowest BCUT2D eigenvalue weighted by molar-refractivity contribution is -0.123. The first-order valence-corrected chi connectivity index (χ1v) is 9.48. The average Bonchev–Trinajstić information content (AvgIpc) is 2.60. The maximum atomic E-state index is 12.7. The minimum Gasteiger partial charge on any atom is -0.324 e. The second kappa shape index (κ2) is 7.92. The molecule has 9 heteroatoms. The van der Waals surface area contributed by atoms with Gasteiger partial charge < -0.3 is 15.6 Å². The van der Waals surface area contributed by atoms with Crippen molar-refractivity contribution in [1.82, 2.24) is 9.97 Å². The molecular weight excluding hydrogens is 376 g/mol. The first kappa shape index (κ1) is 18.5. The van der Waals surface area contributed by atoms with E-state index in [9.17, 15) is 14.4 Å². The third-order valence-electron chi connectivity index (χ3n) is 3.82. The summed E-state index contributed by atoms with van der Waals surface area (Å²) in [7, 11) is 0. The Morgan fingerprint density at radius 1 is 1.38 bits per heavy atom. The Bertz CT molecular complexity index is 915. The number of nitrogens with zero attached hydrogens (tertiary/aromatic N) is 1. The predicted octanol–water partition coefficient (Wildman–Crippen LogP) is 2.99. The summed E-state index contributed by atoms with van der Waals surface area (Å²) in [6.07, 6.45) is 0.788. The van der Waals surface area contributed by atoms with Crippen LogP contribution in [0.2, 0.25) is 5.02 Å². The number of benzene rings is 1. The highest BCUT2D eigenvalue weighted by atomic mass is 35.5. The molecule has 0 fully saturated rings. The lowest BCUT2D eigenvalue weighted by Crippen LogP contribution is -2.36. The fraction of sp³-hybridized carbons (Fsp3) is 0.294. The fourth-order valence-corrected chi connectivity index (χ4v) is 3.53. The van der Waals surface area contributed by atoms with E-state index in [0.717, 1.165) is 12.2 Å². The number of carbonyl (C=O) groups excluding carboxylic acids is 2. The van der Waals surface area contributed by atoms with Crippen molar-refractivity contribution in [2.75, 3.05) is 16.4 Å². The molecule has 0 aliphatic carbocycles. The van der Waals surface area contributed by atoms with Gasteiger partial charge in [-0.1, -0.05) is 42.4 Å². The molecular formula is C17H17ClN4O3S. The van der Waals surface area contributed by atoms with Crippen LogP contribution in [0.5, 0.6) is 0 Å². The smallest absolute Gasteiger partial charge is 0.257 e. The molecule has 0 radical (unpaired) electrons. The van der Waals surface area contributed by atoms with Gasteiger partial charge in [0.15, 0.2) is 5.16 Å². The number of nitrogens with one attached hydrogen (secondary N) is 3. The van der Waals surface area contributed by atoms with Crippen LogP contribution in [-0.2, 0) is 9.59 Å². The molecule has 0 unspecified atom stereocenters. The second-order valence-corrected chi connectivity index (χ2v) is 7.25. The number of amides is 2. The highest BCUT2D eigenvalue weighted by Crippen LogP contribution is 2.31. The van der Waals surface area contributed by atoms with E-state index >= 15 is 0 Å². The van der Waals surface area contributed by atoms with Crippen LogP contribution in [0.3, 0.4) is 0 Å². The number of hydrogen-bond donors (Lipinski definition) is 3. The number of halogens is 1. The molecule has 1 aromatic heterocycles. The van der Waals surface area contributed by atoms with E-state index in [-0.39, 0.29) is 23.7 Å². The van der Waals surface area contributed by atoms with Crippen LogP contribution in [0.25, 0.3) is 0 Å². The van der Waals surface area contributed by atoms with Crippen LogP contribution < -0.4 is 16.2 Å². The molecule has 0 saturated carbocycles. The third kappa shape index (κ3) is 3.91. The standard InChI is InChI=1S/C17H17ClN4O3S/c1-2-7-26-17-21-14-13(16(25)22-17)9(8-12(23)20-14)15(24)19-11-6-4-3-5-10(11)18/h3-6,9H,2,7-8H2,1H3,(H,19,24)(H2,20,21,22,23,25)/t9-/m0/s1. The first-order chi connectivity index (χ1) is 12.5. The van der Waals surface area contributed by atoms with Gasteiger partial charge in [0.25, 0.3) is 5.56 Å². The molecule has 7 nitrogen and oxygen atoms in total. The number of para-hydroxylation sites is 1. The zero-order valence-electron chi connectivity index (χ0n) is 14.0. The number of rotatable bonds is 5. The zero-order chi connectivity index (χ0) is 18.7. The number of aromatic amines is 1. The van der Waals surface area contributed by atoms with Crippen LogP contribution in [0.4, 0.5) is 11.5 Å². The Hall–Kier alpha value is -2.32. The lowest BCUT2D eigenvalue weighted by Gasteiger charge is -2.23. The van der Waals surface area contributed by atoms with Crippen molar-refractivity contribution >= 4 is 46.7 Å². The van der Waals surface area contributed by atoms with Crippen LogP contribution in [0.15, 0.2) is 34.2 Å². The Labute approximate surface area is 158 Å². The van der Waals surface area contributed by atoms with Gasteiger partial charge in [-0.2, -0.15) is 0 Å². The van der Waals surface area contributed by atoms with Gasteiger partial charge >= 0.3 is 0 Å². The SMILES string of the molecule is CCCSc1nc2c(c(=O)[nH]1)[C@@H](C(=O)Nc1ccccc1Cl)CC(=O)N2. The Morgan fingerprint density at radius 3 is 2.88 bits per heavy atom. The summed E-state index contributed by atoms with van der Waals surface area (Å²) >= 11 is 7.45. The topological polar surface area (TPSA) is 104 Å². The van der Waals surface area contributed by atoms with Crippen molar-refractivity contribution in [2.45, 2.75) is 30.8 Å². The Kier molecular flexibility index (Phi) is 5.63. The molecule has 136 valence electrons. The van der Waals surface area contributed by atoms with Crippen molar-refractivity contribution < 1.29 is 9.59 Å². The van der Waals surface area contributed by atoms with Gasteiger partial charge in [0, 0.05) is 12.2 Å². The third-order valence-corrected chi connectivity index (χ3v) is 5.23. The maximum absolute atomic E-state index is 12.7. The normalized spacial score (nSPS) is 15.9. The fourth-order valence-electron chi connectivity index (χ4n) is 2.62. The van der Waals surface area contributed by atoms with Crippen LogP contribution in [0, 0.1) is 0 Å².